The van der Waals surface area contributed by atoms with E-state index in [1.54, 1.807) is 0 Å². The Kier molecular flexibility index (Phi) is 4.59. The molecule has 2 aromatic rings. The average molecular weight is 319 g/mol. The topological polar surface area (TPSA) is 24.9 Å². The lowest BCUT2D eigenvalue weighted by molar-refractivity contribution is 0.989. The van der Waals surface area contributed by atoms with Crippen molar-refractivity contribution in [3.05, 3.63) is 57.2 Å². The number of hydrogen-bond donors (Lipinski definition) is 1. The highest BCUT2D eigenvalue weighted by Gasteiger charge is 2.01. The summed E-state index contributed by atoms with van der Waals surface area (Å²) in [6.07, 6.45) is 2.86. The Labute approximate surface area is 123 Å². The van der Waals surface area contributed by atoms with Crippen molar-refractivity contribution in [2.75, 3.05) is 11.9 Å². The maximum Gasteiger partial charge on any atom is 0.126 e. The summed E-state index contributed by atoms with van der Waals surface area (Å²) in [6, 6.07) is 8.67. The summed E-state index contributed by atoms with van der Waals surface area (Å²) in [5, 5.41) is 3.38. The van der Waals surface area contributed by atoms with E-state index in [0.29, 0.717) is 0 Å². The highest BCUT2D eigenvalue weighted by Crippen LogP contribution is 2.17. The molecular weight excluding hydrogens is 300 g/mol. The molecule has 0 amide bonds. The molecule has 0 bridgehead atoms. The van der Waals surface area contributed by atoms with Crippen molar-refractivity contribution < 1.29 is 0 Å². The van der Waals surface area contributed by atoms with Gasteiger partial charge < -0.3 is 5.32 Å². The van der Waals surface area contributed by atoms with Gasteiger partial charge in [-0.3, -0.25) is 0 Å². The van der Waals surface area contributed by atoms with E-state index in [4.69, 9.17) is 0 Å². The second-order valence-electron chi connectivity index (χ2n) is 4.93. The molecule has 1 aromatic carbocycles. The summed E-state index contributed by atoms with van der Waals surface area (Å²) in [6.45, 7) is 7.27. The SMILES string of the molecule is Cc1ccc(C)c(CCNc2cc(C)c(Br)cn2)c1. The first-order valence-electron chi connectivity index (χ1n) is 6.48. The maximum absolute atomic E-state index is 4.35. The Hall–Kier alpha value is -1.35. The van der Waals surface area contributed by atoms with Crippen LogP contribution in [0.15, 0.2) is 34.9 Å². The molecule has 100 valence electrons. The van der Waals surface area contributed by atoms with Gasteiger partial charge in [0.25, 0.3) is 0 Å². The number of aryl methyl sites for hydroxylation is 3. The molecule has 0 aliphatic carbocycles. The number of halogens is 1. The molecule has 2 rings (SSSR count). The van der Waals surface area contributed by atoms with Gasteiger partial charge in [-0.15, -0.1) is 0 Å². The average Bonchev–Trinajstić information content (AvgIpc) is 2.38. The van der Waals surface area contributed by atoms with E-state index in [1.165, 1.54) is 22.3 Å². The van der Waals surface area contributed by atoms with Gasteiger partial charge in [0, 0.05) is 17.2 Å². The van der Waals surface area contributed by atoms with E-state index < -0.39 is 0 Å². The van der Waals surface area contributed by atoms with E-state index in [9.17, 15) is 0 Å². The summed E-state index contributed by atoms with van der Waals surface area (Å²) in [5.74, 6) is 0.936. The zero-order chi connectivity index (χ0) is 13.8. The molecule has 2 nitrogen and oxygen atoms in total. The molecule has 1 heterocycles. The largest absolute Gasteiger partial charge is 0.370 e. The highest BCUT2D eigenvalue weighted by molar-refractivity contribution is 9.10. The van der Waals surface area contributed by atoms with Crippen LogP contribution in [0, 0.1) is 20.8 Å². The first-order valence-corrected chi connectivity index (χ1v) is 7.27. The van der Waals surface area contributed by atoms with Crippen LogP contribution in [0.4, 0.5) is 5.82 Å². The van der Waals surface area contributed by atoms with Crippen LogP contribution < -0.4 is 5.32 Å². The second kappa shape index (κ2) is 6.20. The predicted molar refractivity (Wildman–Crippen MR) is 84.8 cm³/mol. The fourth-order valence-corrected chi connectivity index (χ4v) is 2.25. The predicted octanol–water partition coefficient (Wildman–Crippen LogP) is 4.42. The number of aromatic nitrogens is 1. The number of rotatable bonds is 4. The zero-order valence-electron chi connectivity index (χ0n) is 11.6. The Morgan fingerprint density at radius 1 is 1.11 bits per heavy atom. The Balaban J connectivity index is 1.96. The molecule has 3 heteroatoms. The normalized spacial score (nSPS) is 10.5. The van der Waals surface area contributed by atoms with Crippen molar-refractivity contribution in [2.45, 2.75) is 27.2 Å². The third kappa shape index (κ3) is 3.80. The van der Waals surface area contributed by atoms with Gasteiger partial charge in [-0.1, -0.05) is 23.8 Å². The minimum Gasteiger partial charge on any atom is -0.370 e. The molecule has 0 saturated carbocycles. The molecule has 0 aliphatic heterocycles. The monoisotopic (exact) mass is 318 g/mol. The van der Waals surface area contributed by atoms with Crippen molar-refractivity contribution in [2.24, 2.45) is 0 Å². The minimum absolute atomic E-state index is 0.901. The highest BCUT2D eigenvalue weighted by atomic mass is 79.9. The summed E-state index contributed by atoms with van der Waals surface area (Å²) < 4.78 is 1.05. The van der Waals surface area contributed by atoms with Gasteiger partial charge in [-0.25, -0.2) is 4.98 Å². The molecule has 19 heavy (non-hydrogen) atoms. The lowest BCUT2D eigenvalue weighted by Gasteiger charge is -2.09. The van der Waals surface area contributed by atoms with Crippen LogP contribution in [0.5, 0.6) is 0 Å². The fourth-order valence-electron chi connectivity index (χ4n) is 2.03. The van der Waals surface area contributed by atoms with Crippen molar-refractivity contribution >= 4 is 21.7 Å². The molecule has 1 aromatic heterocycles. The number of anilines is 1. The molecule has 0 radical (unpaired) electrons. The summed E-state index contributed by atoms with van der Waals surface area (Å²) >= 11 is 3.46. The number of nitrogens with zero attached hydrogens (tertiary/aromatic N) is 1. The van der Waals surface area contributed by atoms with E-state index in [0.717, 1.165) is 23.3 Å². The van der Waals surface area contributed by atoms with Gasteiger partial charge >= 0.3 is 0 Å². The smallest absolute Gasteiger partial charge is 0.126 e. The molecule has 0 saturated heterocycles. The standard InChI is InChI=1S/C16H19BrN2/c1-11-4-5-12(2)14(8-11)6-7-18-16-9-13(3)15(17)10-19-16/h4-5,8-10H,6-7H2,1-3H3,(H,18,19). The van der Waals surface area contributed by atoms with Crippen molar-refractivity contribution in [1.29, 1.82) is 0 Å². The van der Waals surface area contributed by atoms with Crippen molar-refractivity contribution in [3.8, 4) is 0 Å². The van der Waals surface area contributed by atoms with Gasteiger partial charge in [-0.05, 0) is 65.9 Å². The van der Waals surface area contributed by atoms with Crippen molar-refractivity contribution in [3.63, 3.8) is 0 Å². The summed E-state index contributed by atoms with van der Waals surface area (Å²) in [5.41, 5.74) is 5.27. The molecule has 0 atom stereocenters. The number of pyridine rings is 1. The van der Waals surface area contributed by atoms with Crippen LogP contribution in [0.3, 0.4) is 0 Å². The number of nitrogens with one attached hydrogen (secondary N) is 1. The number of benzene rings is 1. The van der Waals surface area contributed by atoms with Gasteiger partial charge in [0.05, 0.1) is 0 Å². The molecule has 0 unspecified atom stereocenters. The third-order valence-electron chi connectivity index (χ3n) is 3.25. The quantitative estimate of drug-likeness (QED) is 0.902. The minimum atomic E-state index is 0.901. The Morgan fingerprint density at radius 3 is 2.63 bits per heavy atom. The zero-order valence-corrected chi connectivity index (χ0v) is 13.2. The van der Waals surface area contributed by atoms with Crippen LogP contribution in [0.25, 0.3) is 0 Å². The maximum atomic E-state index is 4.35. The van der Waals surface area contributed by atoms with Crippen LogP contribution in [0.1, 0.15) is 22.3 Å². The molecule has 1 N–H and O–H groups in total. The lowest BCUT2D eigenvalue weighted by Crippen LogP contribution is -2.07. The van der Waals surface area contributed by atoms with Crippen molar-refractivity contribution in [1.82, 2.24) is 4.98 Å². The molecule has 0 spiro atoms. The van der Waals surface area contributed by atoms with E-state index in [2.05, 4.69) is 71.3 Å². The molecule has 0 aliphatic rings. The van der Waals surface area contributed by atoms with Gasteiger partial charge in [-0.2, -0.15) is 0 Å². The summed E-state index contributed by atoms with van der Waals surface area (Å²) in [7, 11) is 0. The fraction of sp³-hybridized carbons (Fsp3) is 0.312. The first kappa shape index (κ1) is 14.1. The van der Waals surface area contributed by atoms with Crippen LogP contribution in [-0.4, -0.2) is 11.5 Å². The molecular formula is C16H19BrN2. The van der Waals surface area contributed by atoms with E-state index in [-0.39, 0.29) is 0 Å². The third-order valence-corrected chi connectivity index (χ3v) is 4.08. The van der Waals surface area contributed by atoms with E-state index >= 15 is 0 Å². The van der Waals surface area contributed by atoms with Gasteiger partial charge in [0.1, 0.15) is 5.82 Å². The van der Waals surface area contributed by atoms with Gasteiger partial charge in [0.15, 0.2) is 0 Å². The van der Waals surface area contributed by atoms with Crippen LogP contribution >= 0.6 is 15.9 Å². The number of hydrogen-bond acceptors (Lipinski definition) is 2. The first-order chi connectivity index (χ1) is 9.06. The Morgan fingerprint density at radius 2 is 1.89 bits per heavy atom. The lowest BCUT2D eigenvalue weighted by atomic mass is 10.0. The Bertz CT molecular complexity index is 579. The van der Waals surface area contributed by atoms with E-state index in [1.807, 2.05) is 6.20 Å². The molecule has 0 fully saturated rings. The van der Waals surface area contributed by atoms with Gasteiger partial charge in [0.2, 0.25) is 0 Å². The second-order valence-corrected chi connectivity index (χ2v) is 5.78. The van der Waals surface area contributed by atoms with Crippen LogP contribution in [0.2, 0.25) is 0 Å². The van der Waals surface area contributed by atoms with Crippen LogP contribution in [-0.2, 0) is 6.42 Å². The summed E-state index contributed by atoms with van der Waals surface area (Å²) in [4.78, 5) is 4.35.